The number of hydrogen-bond donors (Lipinski definition) is 2. The van der Waals surface area contributed by atoms with Gasteiger partial charge in [-0.1, -0.05) is 6.92 Å². The summed E-state index contributed by atoms with van der Waals surface area (Å²) in [7, 11) is 0. The van der Waals surface area contributed by atoms with Gasteiger partial charge in [0.1, 0.15) is 5.82 Å². The van der Waals surface area contributed by atoms with Gasteiger partial charge in [-0.15, -0.1) is 0 Å². The number of hydrogen-bond acceptors (Lipinski definition) is 4. The summed E-state index contributed by atoms with van der Waals surface area (Å²) in [6.45, 7) is 5.05. The first-order chi connectivity index (χ1) is 9.70. The standard InChI is InChI=1S/C14H20BrN3O2/c1-2-4-16-13-12(6-11(15)8-17-13)14(19)18-7-10-3-5-20-9-10/h6,8,10H,2-5,7,9H2,1H3,(H,16,17)(H,18,19). The molecular weight excluding hydrogens is 322 g/mol. The first-order valence-electron chi connectivity index (χ1n) is 6.96. The molecule has 2 N–H and O–H groups in total. The Morgan fingerprint density at radius 1 is 1.60 bits per heavy atom. The molecular formula is C14H20BrN3O2. The van der Waals surface area contributed by atoms with Crippen LogP contribution in [0.5, 0.6) is 0 Å². The number of amides is 1. The van der Waals surface area contributed by atoms with Gasteiger partial charge in [-0.2, -0.15) is 0 Å². The quantitative estimate of drug-likeness (QED) is 0.834. The van der Waals surface area contributed by atoms with E-state index in [0.29, 0.717) is 23.8 Å². The molecule has 1 saturated heterocycles. The van der Waals surface area contributed by atoms with Crippen molar-refractivity contribution in [3.05, 3.63) is 22.3 Å². The highest BCUT2D eigenvalue weighted by molar-refractivity contribution is 9.10. The molecule has 0 bridgehead atoms. The monoisotopic (exact) mass is 341 g/mol. The van der Waals surface area contributed by atoms with Crippen molar-refractivity contribution in [1.82, 2.24) is 10.3 Å². The fourth-order valence-corrected chi connectivity index (χ4v) is 2.40. The number of nitrogens with zero attached hydrogens (tertiary/aromatic N) is 1. The Kier molecular flexibility index (Phi) is 5.79. The van der Waals surface area contributed by atoms with Crippen molar-refractivity contribution in [3.8, 4) is 0 Å². The molecule has 0 spiro atoms. The van der Waals surface area contributed by atoms with E-state index in [-0.39, 0.29) is 5.91 Å². The lowest BCUT2D eigenvalue weighted by molar-refractivity contribution is 0.0945. The third kappa shape index (κ3) is 4.18. The van der Waals surface area contributed by atoms with E-state index >= 15 is 0 Å². The van der Waals surface area contributed by atoms with Crippen molar-refractivity contribution in [1.29, 1.82) is 0 Å². The Balaban J connectivity index is 2.00. The van der Waals surface area contributed by atoms with E-state index in [9.17, 15) is 4.79 Å². The lowest BCUT2D eigenvalue weighted by Crippen LogP contribution is -2.30. The maximum Gasteiger partial charge on any atom is 0.255 e. The molecule has 0 saturated carbocycles. The highest BCUT2D eigenvalue weighted by Gasteiger charge is 2.18. The zero-order valence-electron chi connectivity index (χ0n) is 11.6. The number of nitrogens with one attached hydrogen (secondary N) is 2. The van der Waals surface area contributed by atoms with Gasteiger partial charge in [-0.3, -0.25) is 4.79 Å². The van der Waals surface area contributed by atoms with Crippen molar-refractivity contribution < 1.29 is 9.53 Å². The smallest absolute Gasteiger partial charge is 0.255 e. The highest BCUT2D eigenvalue weighted by atomic mass is 79.9. The van der Waals surface area contributed by atoms with Crippen LogP contribution in [-0.4, -0.2) is 37.2 Å². The van der Waals surface area contributed by atoms with Crippen LogP contribution in [0.4, 0.5) is 5.82 Å². The molecule has 0 aromatic carbocycles. The molecule has 20 heavy (non-hydrogen) atoms. The maximum absolute atomic E-state index is 12.3. The molecule has 1 aliphatic rings. The molecule has 1 aromatic heterocycles. The summed E-state index contributed by atoms with van der Waals surface area (Å²) in [5.41, 5.74) is 0.576. The summed E-state index contributed by atoms with van der Waals surface area (Å²) in [5.74, 6) is 0.964. The fraction of sp³-hybridized carbons (Fsp3) is 0.571. The van der Waals surface area contributed by atoms with Crippen LogP contribution in [0.3, 0.4) is 0 Å². The van der Waals surface area contributed by atoms with E-state index in [1.807, 2.05) is 0 Å². The van der Waals surface area contributed by atoms with Crippen molar-refractivity contribution in [3.63, 3.8) is 0 Å². The molecule has 1 unspecified atom stereocenters. The molecule has 0 aliphatic carbocycles. The second kappa shape index (κ2) is 7.59. The number of rotatable bonds is 6. The Labute approximate surface area is 127 Å². The van der Waals surface area contributed by atoms with Gasteiger partial charge < -0.3 is 15.4 Å². The molecule has 6 heteroatoms. The van der Waals surface area contributed by atoms with Crippen LogP contribution in [0, 0.1) is 5.92 Å². The SMILES string of the molecule is CCCNc1ncc(Br)cc1C(=O)NCC1CCOC1. The summed E-state index contributed by atoms with van der Waals surface area (Å²) in [4.78, 5) is 16.6. The minimum Gasteiger partial charge on any atom is -0.381 e. The van der Waals surface area contributed by atoms with Gasteiger partial charge in [0.05, 0.1) is 12.2 Å². The van der Waals surface area contributed by atoms with Gasteiger partial charge in [-0.25, -0.2) is 4.98 Å². The van der Waals surface area contributed by atoms with Gasteiger partial charge in [-0.05, 0) is 34.8 Å². The maximum atomic E-state index is 12.3. The largest absolute Gasteiger partial charge is 0.381 e. The number of halogens is 1. The predicted octanol–water partition coefficient (Wildman–Crippen LogP) is 2.43. The molecule has 0 radical (unpaired) electrons. The molecule has 2 rings (SSSR count). The second-order valence-corrected chi connectivity index (χ2v) is 5.83. The second-order valence-electron chi connectivity index (χ2n) is 4.92. The summed E-state index contributed by atoms with van der Waals surface area (Å²) < 4.78 is 6.11. The van der Waals surface area contributed by atoms with Gasteiger partial charge in [0.25, 0.3) is 5.91 Å². The average molecular weight is 342 g/mol. The van der Waals surface area contributed by atoms with Gasteiger partial charge in [0.2, 0.25) is 0 Å². The van der Waals surface area contributed by atoms with Crippen molar-refractivity contribution in [2.45, 2.75) is 19.8 Å². The molecule has 2 heterocycles. The van der Waals surface area contributed by atoms with Gasteiger partial charge in [0, 0.05) is 36.3 Å². The van der Waals surface area contributed by atoms with Crippen molar-refractivity contribution in [2.24, 2.45) is 5.92 Å². The van der Waals surface area contributed by atoms with Crippen LogP contribution in [-0.2, 0) is 4.74 Å². The Morgan fingerprint density at radius 3 is 3.15 bits per heavy atom. The third-order valence-electron chi connectivity index (χ3n) is 3.22. The van der Waals surface area contributed by atoms with E-state index < -0.39 is 0 Å². The molecule has 5 nitrogen and oxygen atoms in total. The minimum atomic E-state index is -0.0932. The summed E-state index contributed by atoms with van der Waals surface area (Å²) >= 11 is 3.36. The van der Waals surface area contributed by atoms with Crippen LogP contribution in [0.25, 0.3) is 0 Å². The first kappa shape index (κ1) is 15.3. The fourth-order valence-electron chi connectivity index (χ4n) is 2.07. The first-order valence-corrected chi connectivity index (χ1v) is 7.75. The van der Waals surface area contributed by atoms with Crippen LogP contribution in [0.1, 0.15) is 30.1 Å². The van der Waals surface area contributed by atoms with Crippen LogP contribution in [0.15, 0.2) is 16.7 Å². The number of aromatic nitrogens is 1. The molecule has 1 aliphatic heterocycles. The van der Waals surface area contributed by atoms with Crippen LogP contribution in [0.2, 0.25) is 0 Å². The molecule has 1 amide bonds. The zero-order valence-corrected chi connectivity index (χ0v) is 13.2. The molecule has 1 atom stereocenters. The normalized spacial score (nSPS) is 18.0. The summed E-state index contributed by atoms with van der Waals surface area (Å²) in [6.07, 6.45) is 3.69. The van der Waals surface area contributed by atoms with E-state index in [0.717, 1.165) is 37.1 Å². The van der Waals surface area contributed by atoms with Gasteiger partial charge >= 0.3 is 0 Å². The lowest BCUT2D eigenvalue weighted by Gasteiger charge is -2.13. The molecule has 1 aromatic rings. The predicted molar refractivity (Wildman–Crippen MR) is 82.0 cm³/mol. The van der Waals surface area contributed by atoms with Crippen LogP contribution < -0.4 is 10.6 Å². The number of ether oxygens (including phenoxy) is 1. The lowest BCUT2D eigenvalue weighted by atomic mass is 10.1. The summed E-state index contributed by atoms with van der Waals surface area (Å²) in [5, 5.41) is 6.15. The number of pyridine rings is 1. The van der Waals surface area contributed by atoms with Gasteiger partial charge in [0.15, 0.2) is 0 Å². The van der Waals surface area contributed by atoms with E-state index in [1.165, 1.54) is 0 Å². The summed E-state index contributed by atoms with van der Waals surface area (Å²) in [6, 6.07) is 1.80. The Hall–Kier alpha value is -1.14. The zero-order chi connectivity index (χ0) is 14.4. The van der Waals surface area contributed by atoms with Crippen molar-refractivity contribution in [2.75, 3.05) is 31.6 Å². The topological polar surface area (TPSA) is 63.2 Å². The average Bonchev–Trinajstić information content (AvgIpc) is 2.96. The van der Waals surface area contributed by atoms with E-state index in [4.69, 9.17) is 4.74 Å². The Morgan fingerprint density at radius 2 is 2.45 bits per heavy atom. The number of anilines is 1. The van der Waals surface area contributed by atoms with Crippen molar-refractivity contribution >= 4 is 27.7 Å². The number of carbonyl (C=O) groups is 1. The van der Waals surface area contributed by atoms with E-state index in [2.05, 4.69) is 38.5 Å². The minimum absolute atomic E-state index is 0.0932. The third-order valence-corrected chi connectivity index (χ3v) is 3.65. The van der Waals surface area contributed by atoms with Crippen LogP contribution >= 0.6 is 15.9 Å². The highest BCUT2D eigenvalue weighted by Crippen LogP contribution is 2.18. The Bertz CT molecular complexity index is 462. The molecule has 1 fully saturated rings. The number of carbonyl (C=O) groups excluding carboxylic acids is 1. The molecule has 110 valence electrons. The van der Waals surface area contributed by atoms with E-state index in [1.54, 1.807) is 12.3 Å².